The number of nitrogens with zero attached hydrogens (tertiary/aromatic N) is 1. The van der Waals surface area contributed by atoms with Gasteiger partial charge in [-0.1, -0.05) is 18.6 Å². The van der Waals surface area contributed by atoms with Gasteiger partial charge in [-0.15, -0.1) is 11.6 Å². The van der Waals surface area contributed by atoms with Gasteiger partial charge in [0.25, 0.3) is 6.01 Å². The van der Waals surface area contributed by atoms with Crippen LogP contribution >= 0.6 is 11.6 Å². The summed E-state index contributed by atoms with van der Waals surface area (Å²) < 4.78 is 5.64. The van der Waals surface area contributed by atoms with Crippen LogP contribution in [0.15, 0.2) is 28.7 Å². The highest BCUT2D eigenvalue weighted by Gasteiger charge is 2.26. The molecule has 2 aromatic rings. The molecule has 0 amide bonds. The Labute approximate surface area is 112 Å². The van der Waals surface area contributed by atoms with E-state index in [1.54, 1.807) is 0 Å². The Hall–Kier alpha value is -1.22. The first-order valence-corrected chi connectivity index (χ1v) is 7.05. The van der Waals surface area contributed by atoms with E-state index in [9.17, 15) is 0 Å². The van der Waals surface area contributed by atoms with Crippen LogP contribution < -0.4 is 5.32 Å². The van der Waals surface area contributed by atoms with E-state index >= 15 is 0 Å². The first kappa shape index (κ1) is 11.8. The molecule has 18 heavy (non-hydrogen) atoms. The van der Waals surface area contributed by atoms with Gasteiger partial charge >= 0.3 is 0 Å². The summed E-state index contributed by atoms with van der Waals surface area (Å²) in [6.07, 6.45) is 3.80. The van der Waals surface area contributed by atoms with Crippen molar-refractivity contribution < 1.29 is 4.42 Å². The minimum absolute atomic E-state index is 0.622. The van der Waals surface area contributed by atoms with Crippen molar-refractivity contribution in [2.75, 3.05) is 17.7 Å². The van der Waals surface area contributed by atoms with Crippen LogP contribution in [0.3, 0.4) is 0 Å². The average Bonchev–Trinajstić information content (AvgIpc) is 3.01. The van der Waals surface area contributed by atoms with E-state index in [2.05, 4.69) is 10.3 Å². The lowest BCUT2D eigenvalue weighted by molar-refractivity contribution is 0.439. The lowest BCUT2D eigenvalue weighted by atomic mass is 9.98. The zero-order chi connectivity index (χ0) is 12.4. The molecule has 0 saturated heterocycles. The molecule has 1 heterocycles. The summed E-state index contributed by atoms with van der Waals surface area (Å²) in [6.45, 7) is 0.907. The van der Waals surface area contributed by atoms with E-state index in [4.69, 9.17) is 16.0 Å². The molecule has 0 spiro atoms. The van der Waals surface area contributed by atoms with Gasteiger partial charge in [0.1, 0.15) is 5.52 Å². The van der Waals surface area contributed by atoms with Crippen molar-refractivity contribution in [2.24, 2.45) is 11.8 Å². The summed E-state index contributed by atoms with van der Waals surface area (Å²) in [7, 11) is 0. The predicted molar refractivity (Wildman–Crippen MR) is 74.0 cm³/mol. The van der Waals surface area contributed by atoms with E-state index in [-0.39, 0.29) is 0 Å². The maximum absolute atomic E-state index is 5.98. The Morgan fingerprint density at radius 2 is 2.11 bits per heavy atom. The van der Waals surface area contributed by atoms with Gasteiger partial charge in [-0.05, 0) is 36.8 Å². The number of hydrogen-bond acceptors (Lipinski definition) is 3. The third kappa shape index (κ3) is 2.32. The molecule has 1 aliphatic rings. The molecule has 1 saturated carbocycles. The first-order valence-electron chi connectivity index (χ1n) is 6.52. The lowest BCUT2D eigenvalue weighted by Gasteiger charge is -2.16. The van der Waals surface area contributed by atoms with Gasteiger partial charge in [0, 0.05) is 12.4 Å². The Morgan fingerprint density at radius 3 is 2.94 bits per heavy atom. The van der Waals surface area contributed by atoms with Crippen LogP contribution in [0.2, 0.25) is 0 Å². The minimum atomic E-state index is 0.622. The fraction of sp³-hybridized carbons (Fsp3) is 0.500. The number of nitrogens with one attached hydrogen (secondary N) is 1. The van der Waals surface area contributed by atoms with Crippen molar-refractivity contribution in [3.8, 4) is 0 Å². The van der Waals surface area contributed by atoms with Gasteiger partial charge in [-0.25, -0.2) is 0 Å². The largest absolute Gasteiger partial charge is 0.424 e. The second-order valence-electron chi connectivity index (χ2n) is 4.97. The quantitative estimate of drug-likeness (QED) is 0.852. The summed E-state index contributed by atoms with van der Waals surface area (Å²) in [4.78, 5) is 4.41. The number of oxazole rings is 1. The molecule has 3 rings (SSSR count). The normalized spacial score (nSPS) is 23.6. The molecule has 0 radical (unpaired) electrons. The topological polar surface area (TPSA) is 38.1 Å². The van der Waals surface area contributed by atoms with Gasteiger partial charge in [-0.3, -0.25) is 0 Å². The van der Waals surface area contributed by atoms with Crippen LogP contribution in [-0.4, -0.2) is 17.4 Å². The number of fused-ring (bicyclic) bond motifs is 1. The van der Waals surface area contributed by atoms with Crippen molar-refractivity contribution in [3.63, 3.8) is 0 Å². The standard InChI is InChI=1S/C14H17ClN2O/c15-8-10-4-3-5-11(10)9-16-14-17-12-6-1-2-7-13(12)18-14/h1-2,6-7,10-11H,3-5,8-9H2,(H,16,17). The van der Waals surface area contributed by atoms with Gasteiger partial charge in [0.2, 0.25) is 0 Å². The van der Waals surface area contributed by atoms with E-state index in [0.29, 0.717) is 17.9 Å². The Kier molecular flexibility index (Phi) is 3.41. The number of halogens is 1. The van der Waals surface area contributed by atoms with Gasteiger partial charge in [0.05, 0.1) is 0 Å². The molecule has 1 aliphatic carbocycles. The number of benzene rings is 1. The predicted octanol–water partition coefficient (Wildman–Crippen LogP) is 3.89. The molecular weight excluding hydrogens is 248 g/mol. The molecule has 1 fully saturated rings. The highest BCUT2D eigenvalue weighted by atomic mass is 35.5. The van der Waals surface area contributed by atoms with Gasteiger partial charge in [0.15, 0.2) is 5.58 Å². The van der Waals surface area contributed by atoms with Gasteiger partial charge < -0.3 is 9.73 Å². The molecule has 2 atom stereocenters. The highest BCUT2D eigenvalue weighted by Crippen LogP contribution is 2.32. The SMILES string of the molecule is ClCC1CCCC1CNc1nc2ccccc2o1. The van der Waals surface area contributed by atoms with Crippen molar-refractivity contribution >= 4 is 28.7 Å². The molecular formula is C14H17ClN2O. The van der Waals surface area contributed by atoms with Crippen LogP contribution in [0.1, 0.15) is 19.3 Å². The summed E-state index contributed by atoms with van der Waals surface area (Å²) >= 11 is 5.98. The molecule has 4 heteroatoms. The zero-order valence-corrected chi connectivity index (χ0v) is 11.0. The summed E-state index contributed by atoms with van der Waals surface area (Å²) in [5.41, 5.74) is 1.74. The maximum Gasteiger partial charge on any atom is 0.295 e. The van der Waals surface area contributed by atoms with Crippen LogP contribution in [0, 0.1) is 11.8 Å². The minimum Gasteiger partial charge on any atom is -0.424 e. The van der Waals surface area contributed by atoms with Crippen molar-refractivity contribution in [3.05, 3.63) is 24.3 Å². The Balaban J connectivity index is 1.66. The third-order valence-electron chi connectivity index (χ3n) is 3.82. The first-order chi connectivity index (χ1) is 8.86. The summed E-state index contributed by atoms with van der Waals surface area (Å²) in [5, 5.41) is 3.30. The molecule has 3 nitrogen and oxygen atoms in total. The summed E-state index contributed by atoms with van der Waals surface area (Å²) in [5.74, 6) is 2.06. The number of anilines is 1. The Morgan fingerprint density at radius 1 is 1.28 bits per heavy atom. The second-order valence-corrected chi connectivity index (χ2v) is 5.28. The van der Waals surface area contributed by atoms with Crippen LogP contribution in [0.25, 0.3) is 11.1 Å². The second kappa shape index (κ2) is 5.19. The maximum atomic E-state index is 5.98. The fourth-order valence-corrected chi connectivity index (χ4v) is 3.16. The van der Waals surface area contributed by atoms with E-state index in [1.165, 1.54) is 19.3 Å². The molecule has 1 N–H and O–H groups in total. The monoisotopic (exact) mass is 264 g/mol. The zero-order valence-electron chi connectivity index (χ0n) is 10.2. The van der Waals surface area contributed by atoms with Crippen LogP contribution in [-0.2, 0) is 0 Å². The number of hydrogen-bond donors (Lipinski definition) is 1. The number of alkyl halides is 1. The van der Waals surface area contributed by atoms with Crippen molar-refractivity contribution in [1.29, 1.82) is 0 Å². The number of para-hydroxylation sites is 2. The van der Waals surface area contributed by atoms with Crippen molar-refractivity contribution in [1.82, 2.24) is 4.98 Å². The van der Waals surface area contributed by atoms with E-state index < -0.39 is 0 Å². The van der Waals surface area contributed by atoms with Crippen molar-refractivity contribution in [2.45, 2.75) is 19.3 Å². The summed E-state index contributed by atoms with van der Waals surface area (Å²) in [6, 6.07) is 8.44. The average molecular weight is 265 g/mol. The van der Waals surface area contributed by atoms with E-state index in [1.807, 2.05) is 24.3 Å². The number of aromatic nitrogens is 1. The molecule has 2 unspecified atom stereocenters. The molecule has 1 aromatic carbocycles. The lowest BCUT2D eigenvalue weighted by Crippen LogP contribution is -2.19. The Bertz CT molecular complexity index is 492. The molecule has 96 valence electrons. The number of rotatable bonds is 4. The fourth-order valence-electron chi connectivity index (χ4n) is 2.75. The van der Waals surface area contributed by atoms with Crippen LogP contribution in [0.4, 0.5) is 6.01 Å². The third-order valence-corrected chi connectivity index (χ3v) is 4.22. The van der Waals surface area contributed by atoms with Crippen LogP contribution in [0.5, 0.6) is 0 Å². The van der Waals surface area contributed by atoms with Gasteiger partial charge in [-0.2, -0.15) is 4.98 Å². The smallest absolute Gasteiger partial charge is 0.295 e. The molecule has 0 aliphatic heterocycles. The van der Waals surface area contributed by atoms with E-state index in [0.717, 1.165) is 23.5 Å². The molecule has 0 bridgehead atoms. The highest BCUT2D eigenvalue weighted by molar-refractivity contribution is 6.18. The molecule has 1 aromatic heterocycles.